The number of benzene rings is 1. The van der Waals surface area contributed by atoms with Crippen LogP contribution in [0.5, 0.6) is 5.75 Å². The van der Waals surface area contributed by atoms with E-state index in [0.29, 0.717) is 0 Å². The first kappa shape index (κ1) is 21.1. The second-order valence-corrected chi connectivity index (χ2v) is 5.35. The molecule has 0 spiro atoms. The van der Waals surface area contributed by atoms with Crippen molar-refractivity contribution in [1.29, 1.82) is 0 Å². The SMILES string of the molecule is CCCCCCCCCCc1ccc([O-])cc1C(=O)O.[K+]. The molecule has 1 rings (SSSR count). The van der Waals surface area contributed by atoms with Crippen molar-refractivity contribution in [2.75, 3.05) is 0 Å². The van der Waals surface area contributed by atoms with Crippen LogP contribution in [0.4, 0.5) is 0 Å². The summed E-state index contributed by atoms with van der Waals surface area (Å²) in [7, 11) is 0. The van der Waals surface area contributed by atoms with E-state index in [1.165, 1.54) is 50.7 Å². The van der Waals surface area contributed by atoms with Gasteiger partial charge in [-0.2, -0.15) is 0 Å². The molecule has 0 aromatic heterocycles. The van der Waals surface area contributed by atoms with Crippen molar-refractivity contribution in [2.24, 2.45) is 0 Å². The molecule has 4 heteroatoms. The van der Waals surface area contributed by atoms with Crippen molar-refractivity contribution in [2.45, 2.75) is 64.7 Å². The maximum Gasteiger partial charge on any atom is 1.00 e. The molecule has 1 aromatic rings. The van der Waals surface area contributed by atoms with Crippen molar-refractivity contribution in [1.82, 2.24) is 0 Å². The number of rotatable bonds is 10. The van der Waals surface area contributed by atoms with Gasteiger partial charge in [-0.3, -0.25) is 0 Å². The second-order valence-electron chi connectivity index (χ2n) is 5.35. The zero-order valence-corrected chi connectivity index (χ0v) is 16.5. The Morgan fingerprint density at radius 1 is 1.05 bits per heavy atom. The Bertz CT molecular complexity index is 418. The molecular formula is C17H25KO3. The maximum atomic E-state index is 11.2. The summed E-state index contributed by atoms with van der Waals surface area (Å²) in [5, 5.41) is 20.3. The molecule has 0 fully saturated rings. The summed E-state index contributed by atoms with van der Waals surface area (Å²) >= 11 is 0. The fraction of sp³-hybridized carbons (Fsp3) is 0.588. The number of hydrogen-bond acceptors (Lipinski definition) is 2. The summed E-state index contributed by atoms with van der Waals surface area (Å²) in [4.78, 5) is 11.1. The summed E-state index contributed by atoms with van der Waals surface area (Å²) in [6.45, 7) is 2.22. The fourth-order valence-electron chi connectivity index (χ4n) is 2.42. The molecule has 0 aliphatic carbocycles. The molecule has 3 nitrogen and oxygen atoms in total. The molecule has 0 aliphatic rings. The van der Waals surface area contributed by atoms with Gasteiger partial charge in [0.15, 0.2) is 0 Å². The quantitative estimate of drug-likeness (QED) is 0.520. The number of hydrogen-bond donors (Lipinski definition) is 1. The van der Waals surface area contributed by atoms with E-state index in [-0.39, 0.29) is 62.7 Å². The average Bonchev–Trinajstić information content (AvgIpc) is 2.43. The van der Waals surface area contributed by atoms with Crippen LogP contribution in [0, 0.1) is 0 Å². The van der Waals surface area contributed by atoms with Gasteiger partial charge in [-0.15, -0.1) is 5.75 Å². The van der Waals surface area contributed by atoms with E-state index in [2.05, 4.69) is 6.92 Å². The van der Waals surface area contributed by atoms with Crippen molar-refractivity contribution in [3.8, 4) is 5.75 Å². The molecular weight excluding hydrogens is 291 g/mol. The Kier molecular flexibility index (Phi) is 12.7. The van der Waals surface area contributed by atoms with Gasteiger partial charge in [0, 0.05) is 0 Å². The summed E-state index contributed by atoms with van der Waals surface area (Å²) in [5.41, 5.74) is 0.948. The Hall–Kier alpha value is 0.126. The largest absolute Gasteiger partial charge is 1.00 e. The molecule has 0 saturated heterocycles. The normalized spacial score (nSPS) is 10.1. The Morgan fingerprint density at radius 3 is 2.19 bits per heavy atom. The van der Waals surface area contributed by atoms with E-state index in [9.17, 15) is 9.90 Å². The molecule has 0 amide bonds. The van der Waals surface area contributed by atoms with Crippen LogP contribution in [-0.4, -0.2) is 11.1 Å². The van der Waals surface area contributed by atoms with Gasteiger partial charge >= 0.3 is 57.4 Å². The van der Waals surface area contributed by atoms with Crippen molar-refractivity contribution in [3.05, 3.63) is 29.3 Å². The molecule has 0 radical (unpaired) electrons. The van der Waals surface area contributed by atoms with Crippen molar-refractivity contribution >= 4 is 5.97 Å². The van der Waals surface area contributed by atoms with Crippen LogP contribution in [0.15, 0.2) is 18.2 Å². The summed E-state index contributed by atoms with van der Waals surface area (Å²) in [6, 6.07) is 4.34. The summed E-state index contributed by atoms with van der Waals surface area (Å²) in [6.07, 6.45) is 10.6. The van der Waals surface area contributed by atoms with E-state index in [0.717, 1.165) is 24.8 Å². The van der Waals surface area contributed by atoms with Gasteiger partial charge in [0.1, 0.15) is 0 Å². The van der Waals surface area contributed by atoms with Crippen molar-refractivity contribution in [3.63, 3.8) is 0 Å². The Labute approximate surface area is 170 Å². The molecule has 112 valence electrons. The van der Waals surface area contributed by atoms with E-state index in [4.69, 9.17) is 5.11 Å². The summed E-state index contributed by atoms with van der Waals surface area (Å²) in [5.74, 6) is -1.24. The number of aromatic carboxylic acids is 1. The Balaban J connectivity index is 0.00000400. The fourth-order valence-corrected chi connectivity index (χ4v) is 2.42. The molecule has 0 aliphatic heterocycles. The van der Waals surface area contributed by atoms with Crippen molar-refractivity contribution < 1.29 is 66.4 Å². The second kappa shape index (κ2) is 12.6. The first-order valence-corrected chi connectivity index (χ1v) is 7.68. The third-order valence-electron chi connectivity index (χ3n) is 3.61. The third-order valence-corrected chi connectivity index (χ3v) is 3.61. The monoisotopic (exact) mass is 316 g/mol. The van der Waals surface area contributed by atoms with Crippen LogP contribution >= 0.6 is 0 Å². The van der Waals surface area contributed by atoms with Crippen LogP contribution in [0.25, 0.3) is 0 Å². The van der Waals surface area contributed by atoms with Gasteiger partial charge < -0.3 is 10.2 Å². The molecule has 0 atom stereocenters. The van der Waals surface area contributed by atoms with Crippen LogP contribution in [0.1, 0.15) is 74.2 Å². The molecule has 0 bridgehead atoms. The average molecular weight is 316 g/mol. The third kappa shape index (κ3) is 8.99. The molecule has 0 heterocycles. The number of unbranched alkanes of at least 4 members (excludes halogenated alkanes) is 7. The van der Waals surface area contributed by atoms with Crippen LogP contribution in [0.2, 0.25) is 0 Å². The minimum atomic E-state index is -1.00. The standard InChI is InChI=1S/C17H26O3.K/c1-2-3-4-5-6-7-8-9-10-14-11-12-15(18)13-16(14)17(19)20;/h11-13,18H,2-10H2,1H3,(H,19,20);/q;+1/p-1. The van der Waals surface area contributed by atoms with Gasteiger partial charge in [-0.05, 0) is 18.4 Å². The molecule has 1 aromatic carbocycles. The number of carboxylic acids is 1. The zero-order chi connectivity index (χ0) is 14.8. The number of carbonyl (C=O) groups is 1. The first-order valence-electron chi connectivity index (χ1n) is 7.68. The van der Waals surface area contributed by atoms with Gasteiger partial charge in [0.25, 0.3) is 0 Å². The summed E-state index contributed by atoms with van der Waals surface area (Å²) < 4.78 is 0. The number of carboxylic acid groups (broad SMARTS) is 1. The molecule has 1 N–H and O–H groups in total. The van der Waals surface area contributed by atoms with Crippen LogP contribution in [-0.2, 0) is 6.42 Å². The van der Waals surface area contributed by atoms with Crippen LogP contribution < -0.4 is 56.5 Å². The zero-order valence-electron chi connectivity index (χ0n) is 13.4. The van der Waals surface area contributed by atoms with E-state index < -0.39 is 5.97 Å². The minimum absolute atomic E-state index is 0. The minimum Gasteiger partial charge on any atom is -0.872 e. The molecule has 21 heavy (non-hydrogen) atoms. The Morgan fingerprint density at radius 2 is 1.62 bits per heavy atom. The van der Waals surface area contributed by atoms with Gasteiger partial charge in [-0.1, -0.05) is 70.1 Å². The predicted octanol–water partition coefficient (Wildman–Crippen LogP) is 1.15. The topological polar surface area (TPSA) is 60.4 Å². The smallest absolute Gasteiger partial charge is 0.872 e. The van der Waals surface area contributed by atoms with Gasteiger partial charge in [0.2, 0.25) is 0 Å². The van der Waals surface area contributed by atoms with E-state index in [1.54, 1.807) is 6.07 Å². The van der Waals surface area contributed by atoms with Crippen LogP contribution in [0.3, 0.4) is 0 Å². The predicted molar refractivity (Wildman–Crippen MR) is 79.2 cm³/mol. The number of aryl methyl sites for hydroxylation is 1. The van der Waals surface area contributed by atoms with Gasteiger partial charge in [0.05, 0.1) is 5.56 Å². The maximum absolute atomic E-state index is 11.2. The van der Waals surface area contributed by atoms with E-state index in [1.807, 2.05) is 0 Å². The van der Waals surface area contributed by atoms with E-state index >= 15 is 0 Å². The molecule has 0 saturated carbocycles. The molecule has 0 unspecified atom stereocenters. The van der Waals surface area contributed by atoms with Gasteiger partial charge in [-0.25, -0.2) is 4.79 Å². The first-order chi connectivity index (χ1) is 9.65.